The van der Waals surface area contributed by atoms with Crippen LogP contribution in [0.2, 0.25) is 5.02 Å². The van der Waals surface area contributed by atoms with Gasteiger partial charge < -0.3 is 10.0 Å². The second-order valence-corrected chi connectivity index (χ2v) is 8.06. The highest BCUT2D eigenvalue weighted by molar-refractivity contribution is 7.90. The summed E-state index contributed by atoms with van der Waals surface area (Å²) in [5.41, 5.74) is 1.39. The SMILES string of the molecule is CN(Cc1cc(-c2ccccc2Cl)n(S(=O)(=O)c2cccnc2)c1)C(=O)O. The zero-order valence-electron chi connectivity index (χ0n) is 14.3. The first-order chi connectivity index (χ1) is 12.8. The molecule has 3 rings (SSSR count). The zero-order valence-corrected chi connectivity index (χ0v) is 15.9. The molecule has 0 unspecified atom stereocenters. The summed E-state index contributed by atoms with van der Waals surface area (Å²) in [6, 6.07) is 11.5. The number of carbonyl (C=O) groups is 1. The van der Waals surface area contributed by atoms with Gasteiger partial charge in [0.25, 0.3) is 10.0 Å². The molecule has 0 aliphatic heterocycles. The summed E-state index contributed by atoms with van der Waals surface area (Å²) in [5, 5.41) is 9.48. The van der Waals surface area contributed by atoms with Gasteiger partial charge in [0.05, 0.1) is 12.2 Å². The molecule has 1 aromatic carbocycles. The minimum atomic E-state index is -3.94. The summed E-state index contributed by atoms with van der Waals surface area (Å²) in [4.78, 5) is 16.1. The predicted octanol–water partition coefficient (Wildman–Crippen LogP) is 3.55. The molecule has 7 nitrogen and oxygen atoms in total. The van der Waals surface area contributed by atoms with Crippen molar-refractivity contribution in [1.29, 1.82) is 0 Å². The van der Waals surface area contributed by atoms with E-state index in [4.69, 9.17) is 16.7 Å². The Labute approximate surface area is 161 Å². The van der Waals surface area contributed by atoms with Crippen molar-refractivity contribution >= 4 is 27.7 Å². The Morgan fingerprint density at radius 2 is 2.00 bits per heavy atom. The number of halogens is 1. The molecular formula is C18H16ClN3O4S. The number of rotatable bonds is 5. The molecule has 0 atom stereocenters. The molecule has 0 fully saturated rings. The highest BCUT2D eigenvalue weighted by Gasteiger charge is 2.23. The maximum Gasteiger partial charge on any atom is 0.407 e. The normalized spacial score (nSPS) is 11.3. The Morgan fingerprint density at radius 1 is 1.26 bits per heavy atom. The first-order valence-corrected chi connectivity index (χ1v) is 9.68. The van der Waals surface area contributed by atoms with E-state index in [1.807, 2.05) is 0 Å². The number of hydrogen-bond donors (Lipinski definition) is 1. The third kappa shape index (κ3) is 3.81. The smallest absolute Gasteiger partial charge is 0.407 e. The summed E-state index contributed by atoms with van der Waals surface area (Å²) in [5.74, 6) is 0. The standard InChI is InChI=1S/C18H16ClN3O4S/c1-21(18(23)24)11-13-9-17(15-6-2-3-7-16(15)19)22(12-13)27(25,26)14-5-4-8-20-10-14/h2-10,12H,11H2,1H3,(H,23,24). The van der Waals surface area contributed by atoms with Gasteiger partial charge in [0, 0.05) is 36.2 Å². The number of carboxylic acid groups (broad SMARTS) is 1. The number of hydrogen-bond acceptors (Lipinski definition) is 4. The molecule has 0 saturated heterocycles. The van der Waals surface area contributed by atoms with Crippen LogP contribution in [-0.4, -0.2) is 40.5 Å². The lowest BCUT2D eigenvalue weighted by molar-refractivity contribution is 0.154. The van der Waals surface area contributed by atoms with Gasteiger partial charge in [-0.15, -0.1) is 0 Å². The quantitative estimate of drug-likeness (QED) is 0.700. The third-order valence-corrected chi connectivity index (χ3v) is 5.92. The predicted molar refractivity (Wildman–Crippen MR) is 101 cm³/mol. The molecule has 2 heterocycles. The van der Waals surface area contributed by atoms with Crippen molar-refractivity contribution < 1.29 is 18.3 Å². The van der Waals surface area contributed by atoms with Crippen molar-refractivity contribution in [2.75, 3.05) is 7.05 Å². The maximum absolute atomic E-state index is 13.1. The van der Waals surface area contributed by atoms with Gasteiger partial charge in [-0.25, -0.2) is 17.2 Å². The summed E-state index contributed by atoms with van der Waals surface area (Å²) in [7, 11) is -2.53. The van der Waals surface area contributed by atoms with Crippen molar-refractivity contribution in [2.45, 2.75) is 11.4 Å². The van der Waals surface area contributed by atoms with Gasteiger partial charge in [-0.3, -0.25) is 4.98 Å². The van der Waals surface area contributed by atoms with Gasteiger partial charge in [-0.2, -0.15) is 0 Å². The van der Waals surface area contributed by atoms with E-state index in [0.717, 1.165) is 8.87 Å². The third-order valence-electron chi connectivity index (χ3n) is 3.93. The Bertz CT molecular complexity index is 1080. The molecule has 0 saturated carbocycles. The number of benzene rings is 1. The Kier molecular flexibility index (Phi) is 5.20. The molecule has 1 amide bonds. The van der Waals surface area contributed by atoms with Crippen molar-refractivity contribution in [1.82, 2.24) is 13.9 Å². The lowest BCUT2D eigenvalue weighted by atomic mass is 10.1. The Morgan fingerprint density at radius 3 is 2.63 bits per heavy atom. The summed E-state index contributed by atoms with van der Waals surface area (Å²) >= 11 is 6.27. The highest BCUT2D eigenvalue weighted by atomic mass is 35.5. The fourth-order valence-corrected chi connectivity index (χ4v) is 4.19. The summed E-state index contributed by atoms with van der Waals surface area (Å²) < 4.78 is 27.4. The molecule has 0 radical (unpaired) electrons. The molecule has 9 heteroatoms. The zero-order chi connectivity index (χ0) is 19.6. The van der Waals surface area contributed by atoms with Crippen LogP contribution >= 0.6 is 11.6 Å². The van der Waals surface area contributed by atoms with E-state index in [-0.39, 0.29) is 11.4 Å². The van der Waals surface area contributed by atoms with Crippen LogP contribution < -0.4 is 0 Å². The molecule has 0 bridgehead atoms. The average Bonchev–Trinajstić information content (AvgIpc) is 3.07. The number of pyridine rings is 1. The largest absolute Gasteiger partial charge is 0.465 e. The van der Waals surface area contributed by atoms with E-state index in [0.29, 0.717) is 21.8 Å². The molecule has 3 aromatic rings. The van der Waals surface area contributed by atoms with E-state index in [2.05, 4.69) is 4.98 Å². The van der Waals surface area contributed by atoms with E-state index >= 15 is 0 Å². The van der Waals surface area contributed by atoms with Crippen LogP contribution in [0.15, 0.2) is 66.0 Å². The van der Waals surface area contributed by atoms with Crippen LogP contribution in [0, 0.1) is 0 Å². The maximum atomic E-state index is 13.1. The molecule has 27 heavy (non-hydrogen) atoms. The summed E-state index contributed by atoms with van der Waals surface area (Å²) in [6.45, 7) is 0.0301. The first-order valence-electron chi connectivity index (χ1n) is 7.86. The summed E-state index contributed by atoms with van der Waals surface area (Å²) in [6.07, 6.45) is 3.03. The average molecular weight is 406 g/mol. The van der Waals surface area contributed by atoms with Crippen molar-refractivity contribution in [3.05, 3.63) is 71.6 Å². The van der Waals surface area contributed by atoms with Crippen LogP contribution in [0.4, 0.5) is 4.79 Å². The van der Waals surface area contributed by atoms with Crippen molar-refractivity contribution in [3.8, 4) is 11.3 Å². The number of amides is 1. The molecular weight excluding hydrogens is 390 g/mol. The van der Waals surface area contributed by atoms with Gasteiger partial charge in [0.2, 0.25) is 0 Å². The van der Waals surface area contributed by atoms with Gasteiger partial charge in [-0.1, -0.05) is 29.8 Å². The molecule has 0 spiro atoms. The lowest BCUT2D eigenvalue weighted by Crippen LogP contribution is -2.23. The van der Waals surface area contributed by atoms with E-state index < -0.39 is 16.1 Å². The first kappa shape index (κ1) is 18.9. The molecule has 140 valence electrons. The van der Waals surface area contributed by atoms with Gasteiger partial charge in [0.1, 0.15) is 4.90 Å². The van der Waals surface area contributed by atoms with E-state index in [1.165, 1.54) is 37.8 Å². The monoisotopic (exact) mass is 405 g/mol. The second-order valence-electron chi connectivity index (χ2n) is 5.84. The van der Waals surface area contributed by atoms with Crippen LogP contribution in [0.25, 0.3) is 11.3 Å². The number of nitrogens with zero attached hydrogens (tertiary/aromatic N) is 3. The minimum absolute atomic E-state index is 0.0204. The Balaban J connectivity index is 2.18. The van der Waals surface area contributed by atoms with Gasteiger partial charge in [0.15, 0.2) is 0 Å². The van der Waals surface area contributed by atoms with Crippen LogP contribution in [-0.2, 0) is 16.6 Å². The fourth-order valence-electron chi connectivity index (χ4n) is 2.60. The van der Waals surface area contributed by atoms with Crippen LogP contribution in [0.5, 0.6) is 0 Å². The van der Waals surface area contributed by atoms with E-state index in [9.17, 15) is 13.2 Å². The fraction of sp³-hybridized carbons (Fsp3) is 0.111. The van der Waals surface area contributed by atoms with Crippen molar-refractivity contribution in [2.24, 2.45) is 0 Å². The molecule has 0 aliphatic carbocycles. The Hall–Kier alpha value is -2.84. The molecule has 2 aromatic heterocycles. The van der Waals surface area contributed by atoms with Crippen LogP contribution in [0.3, 0.4) is 0 Å². The van der Waals surface area contributed by atoms with Gasteiger partial charge >= 0.3 is 6.09 Å². The lowest BCUT2D eigenvalue weighted by Gasteiger charge is -2.11. The topological polar surface area (TPSA) is 92.5 Å². The molecule has 0 aliphatic rings. The molecule has 1 N–H and O–H groups in total. The van der Waals surface area contributed by atoms with Crippen molar-refractivity contribution in [3.63, 3.8) is 0 Å². The highest BCUT2D eigenvalue weighted by Crippen LogP contribution is 2.32. The van der Waals surface area contributed by atoms with E-state index in [1.54, 1.807) is 30.3 Å². The van der Waals surface area contributed by atoms with Gasteiger partial charge in [-0.05, 0) is 29.8 Å². The second kappa shape index (κ2) is 7.42. The minimum Gasteiger partial charge on any atom is -0.465 e. The van der Waals surface area contributed by atoms with Crippen LogP contribution in [0.1, 0.15) is 5.56 Å². The number of aromatic nitrogens is 2.